The Morgan fingerprint density at radius 3 is 0.919 bits per heavy atom. The first kappa shape index (κ1) is 34.8. The van der Waals surface area contributed by atoms with Crippen molar-refractivity contribution < 1.29 is 0 Å². The van der Waals surface area contributed by atoms with Crippen molar-refractivity contribution in [3.63, 3.8) is 0 Å². The normalized spacial score (nSPS) is 14.1. The van der Waals surface area contributed by atoms with Crippen molar-refractivity contribution in [1.82, 2.24) is 15.0 Å². The third kappa shape index (κ3) is 4.68. The first-order valence-corrected chi connectivity index (χ1v) is 21.4. The summed E-state index contributed by atoms with van der Waals surface area (Å²) < 4.78 is 0. The Hall–Kier alpha value is -8.01. The smallest absolute Gasteiger partial charge is 0.164 e. The van der Waals surface area contributed by atoms with E-state index in [1.54, 1.807) is 0 Å². The summed E-state index contributed by atoms with van der Waals surface area (Å²) in [5.74, 6) is 1.95. The maximum absolute atomic E-state index is 5.03. The number of benzene rings is 9. The first-order valence-electron chi connectivity index (χ1n) is 21.4. The summed E-state index contributed by atoms with van der Waals surface area (Å²) in [6.45, 7) is 0. The van der Waals surface area contributed by atoms with Crippen LogP contribution in [0.5, 0.6) is 0 Å². The zero-order chi connectivity index (χ0) is 40.8. The van der Waals surface area contributed by atoms with Gasteiger partial charge >= 0.3 is 0 Å². The van der Waals surface area contributed by atoms with Crippen molar-refractivity contribution in [3.8, 4) is 67.5 Å². The standard InChI is InChI=1S/C59H37N3/c1-3-17-39(18-4-1)55-60-56(40-19-5-2-6-20-40)62-57(61-55)41-33-31-38(32-34-41)42-35-36-53-54(37-42)59(49-27-13-9-23-45(49)46-24-10-14-28-50(46)59)52-30-16-15-29-51(52)58(53)47-25-11-7-21-43(47)44-22-8-12-26-48(44)58/h1-37H. The molecule has 0 amide bonds. The van der Waals surface area contributed by atoms with Gasteiger partial charge in [-0.2, -0.15) is 0 Å². The Morgan fingerprint density at radius 1 is 0.210 bits per heavy atom. The third-order valence-corrected chi connectivity index (χ3v) is 13.6. The van der Waals surface area contributed by atoms with Gasteiger partial charge in [-0.1, -0.05) is 218 Å². The van der Waals surface area contributed by atoms with Gasteiger partial charge in [-0.3, -0.25) is 0 Å². The lowest BCUT2D eigenvalue weighted by molar-refractivity contribution is 0.633. The average Bonchev–Trinajstić information content (AvgIpc) is 3.82. The summed E-state index contributed by atoms with van der Waals surface area (Å²) in [7, 11) is 0. The van der Waals surface area contributed by atoms with E-state index in [1.807, 2.05) is 60.7 Å². The van der Waals surface area contributed by atoms with Crippen LogP contribution in [0.1, 0.15) is 44.5 Å². The van der Waals surface area contributed by atoms with Crippen molar-refractivity contribution in [2.75, 3.05) is 0 Å². The molecule has 3 aliphatic carbocycles. The van der Waals surface area contributed by atoms with Crippen LogP contribution in [0.15, 0.2) is 224 Å². The summed E-state index contributed by atoms with van der Waals surface area (Å²) >= 11 is 0. The van der Waals surface area contributed by atoms with Gasteiger partial charge in [0.2, 0.25) is 0 Å². The van der Waals surface area contributed by atoms with Crippen molar-refractivity contribution in [2.45, 2.75) is 10.8 Å². The van der Waals surface area contributed by atoms with Crippen LogP contribution >= 0.6 is 0 Å². The zero-order valence-electron chi connectivity index (χ0n) is 33.7. The molecule has 13 rings (SSSR count). The minimum atomic E-state index is -0.542. The Morgan fingerprint density at radius 2 is 0.500 bits per heavy atom. The molecule has 2 spiro atoms. The van der Waals surface area contributed by atoms with E-state index in [-0.39, 0.29) is 0 Å². The van der Waals surface area contributed by atoms with Crippen LogP contribution in [-0.4, -0.2) is 15.0 Å². The number of hydrogen-bond donors (Lipinski definition) is 0. The molecule has 62 heavy (non-hydrogen) atoms. The first-order chi connectivity index (χ1) is 30.7. The topological polar surface area (TPSA) is 38.7 Å². The van der Waals surface area contributed by atoms with E-state index in [0.717, 1.165) is 27.8 Å². The number of rotatable bonds is 4. The maximum Gasteiger partial charge on any atom is 0.164 e. The predicted molar refractivity (Wildman–Crippen MR) is 250 cm³/mol. The largest absolute Gasteiger partial charge is 0.208 e. The lowest BCUT2D eigenvalue weighted by atomic mass is 9.52. The Balaban J connectivity index is 1.05. The second kappa shape index (κ2) is 13.2. The second-order valence-corrected chi connectivity index (χ2v) is 16.6. The van der Waals surface area contributed by atoms with Gasteiger partial charge in [0, 0.05) is 16.7 Å². The molecular formula is C59H37N3. The molecule has 1 heterocycles. The molecule has 0 bridgehead atoms. The van der Waals surface area contributed by atoms with Gasteiger partial charge in [-0.05, 0) is 84.0 Å². The van der Waals surface area contributed by atoms with Crippen LogP contribution in [0.2, 0.25) is 0 Å². The van der Waals surface area contributed by atoms with Crippen molar-refractivity contribution in [2.24, 2.45) is 0 Å². The van der Waals surface area contributed by atoms with Gasteiger partial charge < -0.3 is 0 Å². The molecule has 0 radical (unpaired) electrons. The second-order valence-electron chi connectivity index (χ2n) is 16.6. The van der Waals surface area contributed by atoms with E-state index in [9.17, 15) is 0 Å². The Kier molecular flexibility index (Phi) is 7.44. The average molecular weight is 788 g/mol. The van der Waals surface area contributed by atoms with Crippen LogP contribution < -0.4 is 0 Å². The van der Waals surface area contributed by atoms with Gasteiger partial charge in [0.05, 0.1) is 10.8 Å². The van der Waals surface area contributed by atoms with Crippen LogP contribution in [0.25, 0.3) is 67.5 Å². The summed E-state index contributed by atoms with van der Waals surface area (Å²) in [5.41, 5.74) is 19.9. The maximum atomic E-state index is 5.03. The van der Waals surface area contributed by atoms with Crippen LogP contribution in [0.4, 0.5) is 0 Å². The molecule has 0 fully saturated rings. The molecule has 9 aromatic carbocycles. The molecule has 3 nitrogen and oxygen atoms in total. The SMILES string of the molecule is c1ccc(-c2nc(-c3ccccc3)nc(-c3ccc(-c4ccc5c(c4)C4(c6ccccc6-c6ccccc64)c4ccccc4C54c5ccccc5-c5ccccc54)cc3)n2)cc1. The molecule has 0 atom stereocenters. The van der Waals surface area contributed by atoms with E-state index in [4.69, 9.17) is 15.0 Å². The highest BCUT2D eigenvalue weighted by molar-refractivity contribution is 5.94. The molecular weight excluding hydrogens is 751 g/mol. The molecule has 3 aliphatic rings. The highest BCUT2D eigenvalue weighted by Crippen LogP contribution is 2.67. The van der Waals surface area contributed by atoms with Gasteiger partial charge in [0.25, 0.3) is 0 Å². The Labute approximate surface area is 360 Å². The summed E-state index contributed by atoms with van der Waals surface area (Å²) in [4.78, 5) is 15.0. The summed E-state index contributed by atoms with van der Waals surface area (Å²) in [6.07, 6.45) is 0. The molecule has 0 unspecified atom stereocenters. The van der Waals surface area contributed by atoms with Crippen molar-refractivity contribution in [3.05, 3.63) is 269 Å². The number of fused-ring (bicyclic) bond motifs is 16. The van der Waals surface area contributed by atoms with E-state index >= 15 is 0 Å². The zero-order valence-corrected chi connectivity index (χ0v) is 33.7. The van der Waals surface area contributed by atoms with Gasteiger partial charge in [-0.25, -0.2) is 15.0 Å². The van der Waals surface area contributed by atoms with E-state index in [1.165, 1.54) is 66.8 Å². The van der Waals surface area contributed by atoms with Gasteiger partial charge in [0.15, 0.2) is 17.5 Å². The van der Waals surface area contributed by atoms with E-state index in [0.29, 0.717) is 17.5 Å². The minimum absolute atomic E-state index is 0.509. The van der Waals surface area contributed by atoms with Crippen LogP contribution in [0.3, 0.4) is 0 Å². The quantitative estimate of drug-likeness (QED) is 0.178. The lowest BCUT2D eigenvalue weighted by Crippen LogP contribution is -2.43. The van der Waals surface area contributed by atoms with Gasteiger partial charge in [-0.15, -0.1) is 0 Å². The third-order valence-electron chi connectivity index (χ3n) is 13.6. The number of hydrogen-bond acceptors (Lipinski definition) is 3. The summed E-state index contributed by atoms with van der Waals surface area (Å²) in [5, 5.41) is 0. The molecule has 0 aliphatic heterocycles. The fourth-order valence-corrected chi connectivity index (χ4v) is 11.2. The highest BCUT2D eigenvalue weighted by atomic mass is 15.0. The van der Waals surface area contributed by atoms with Crippen molar-refractivity contribution >= 4 is 0 Å². The molecule has 288 valence electrons. The van der Waals surface area contributed by atoms with E-state index in [2.05, 4.69) is 164 Å². The molecule has 0 N–H and O–H groups in total. The molecule has 1 aromatic heterocycles. The molecule has 10 aromatic rings. The summed E-state index contributed by atoms with van der Waals surface area (Å²) in [6, 6.07) is 82.0. The van der Waals surface area contributed by atoms with Gasteiger partial charge in [0.1, 0.15) is 0 Å². The minimum Gasteiger partial charge on any atom is -0.208 e. The fraction of sp³-hybridized carbons (Fsp3) is 0.0339. The van der Waals surface area contributed by atoms with Crippen molar-refractivity contribution in [1.29, 1.82) is 0 Å². The van der Waals surface area contributed by atoms with Crippen LogP contribution in [0, 0.1) is 0 Å². The highest BCUT2D eigenvalue weighted by Gasteiger charge is 2.58. The molecule has 3 heteroatoms. The van der Waals surface area contributed by atoms with Crippen LogP contribution in [-0.2, 0) is 10.8 Å². The fourth-order valence-electron chi connectivity index (χ4n) is 11.2. The Bertz CT molecular complexity index is 3260. The molecule has 0 saturated carbocycles. The lowest BCUT2D eigenvalue weighted by Gasteiger charge is -2.49. The van der Waals surface area contributed by atoms with E-state index < -0.39 is 10.8 Å². The predicted octanol–water partition coefficient (Wildman–Crippen LogP) is 13.6. The number of aromatic nitrogens is 3. The number of nitrogens with zero attached hydrogens (tertiary/aromatic N) is 3. The monoisotopic (exact) mass is 787 g/mol. The molecule has 0 saturated heterocycles.